The van der Waals surface area contributed by atoms with Crippen LogP contribution in [-0.2, 0) is 14.8 Å². The van der Waals surface area contributed by atoms with Crippen LogP contribution in [0.2, 0.25) is 10.0 Å². The van der Waals surface area contributed by atoms with Crippen LogP contribution in [0.5, 0.6) is 11.5 Å². The first kappa shape index (κ1) is 27.4. The van der Waals surface area contributed by atoms with Gasteiger partial charge in [-0.1, -0.05) is 35.0 Å². The molecule has 0 aliphatic heterocycles. The van der Waals surface area contributed by atoms with Crippen LogP contribution < -0.4 is 14.2 Å². The van der Waals surface area contributed by atoms with E-state index in [0.717, 1.165) is 24.9 Å². The standard InChI is InChI=1S/C22H18Cl2N2O8S2/c1-32-19-10-14(22(27)34-3)17(11-20(19)33-2)25-36(30,31)13-5-7-21(18(9-13)26(28)29)35-12-4-6-15(23)16(24)8-12/h4-11,25H,1-3H3. The smallest absolute Gasteiger partial charge is 0.340 e. The molecule has 0 aliphatic carbocycles. The van der Waals surface area contributed by atoms with Gasteiger partial charge in [0.2, 0.25) is 0 Å². The molecule has 190 valence electrons. The van der Waals surface area contributed by atoms with Gasteiger partial charge in [-0.05, 0) is 30.3 Å². The van der Waals surface area contributed by atoms with Crippen LogP contribution in [0.25, 0.3) is 0 Å². The van der Waals surface area contributed by atoms with Crippen molar-refractivity contribution in [1.82, 2.24) is 0 Å². The molecule has 0 spiro atoms. The molecule has 14 heteroatoms. The number of esters is 1. The van der Waals surface area contributed by atoms with Crippen LogP contribution in [0.3, 0.4) is 0 Å². The van der Waals surface area contributed by atoms with Gasteiger partial charge < -0.3 is 14.2 Å². The lowest BCUT2D eigenvalue weighted by atomic mass is 10.1. The summed E-state index contributed by atoms with van der Waals surface area (Å²) in [4.78, 5) is 23.7. The Labute approximate surface area is 220 Å². The summed E-state index contributed by atoms with van der Waals surface area (Å²) in [5, 5.41) is 12.3. The van der Waals surface area contributed by atoms with Gasteiger partial charge in [0, 0.05) is 23.1 Å². The number of rotatable bonds is 9. The predicted octanol–water partition coefficient (Wildman–Crippen LogP) is 5.66. The van der Waals surface area contributed by atoms with Crippen molar-refractivity contribution in [3.8, 4) is 11.5 Å². The van der Waals surface area contributed by atoms with Gasteiger partial charge in [0.05, 0.1) is 57.3 Å². The number of ether oxygens (including phenoxy) is 3. The third kappa shape index (κ3) is 5.95. The van der Waals surface area contributed by atoms with Crippen molar-refractivity contribution >= 4 is 62.3 Å². The third-order valence-corrected chi connectivity index (χ3v) is 7.89. The number of sulfonamides is 1. The summed E-state index contributed by atoms with van der Waals surface area (Å²) in [6.07, 6.45) is 0. The van der Waals surface area contributed by atoms with E-state index in [1.54, 1.807) is 12.1 Å². The molecule has 0 aliphatic rings. The highest BCUT2D eigenvalue weighted by Gasteiger charge is 2.25. The number of nitrogens with zero attached hydrogens (tertiary/aromatic N) is 1. The van der Waals surface area contributed by atoms with Crippen LogP contribution in [0.15, 0.2) is 63.2 Å². The number of anilines is 1. The maximum atomic E-state index is 13.1. The van der Waals surface area contributed by atoms with Gasteiger partial charge in [-0.3, -0.25) is 14.8 Å². The number of nitro groups is 1. The molecule has 0 saturated heterocycles. The largest absolute Gasteiger partial charge is 0.493 e. The lowest BCUT2D eigenvalue weighted by Crippen LogP contribution is -2.17. The van der Waals surface area contributed by atoms with Gasteiger partial charge in [0.15, 0.2) is 11.5 Å². The molecule has 0 aromatic heterocycles. The Kier molecular flexibility index (Phi) is 8.56. The molecule has 10 nitrogen and oxygen atoms in total. The van der Waals surface area contributed by atoms with Crippen molar-refractivity contribution < 1.29 is 32.3 Å². The quantitative estimate of drug-likeness (QED) is 0.196. The Balaban J connectivity index is 2.03. The number of carbonyl (C=O) groups excluding carboxylic acids is 1. The Morgan fingerprint density at radius 1 is 0.972 bits per heavy atom. The molecule has 0 radical (unpaired) electrons. The first-order valence-corrected chi connectivity index (χ1v) is 12.8. The van der Waals surface area contributed by atoms with E-state index < -0.39 is 31.5 Å². The van der Waals surface area contributed by atoms with Gasteiger partial charge >= 0.3 is 5.97 Å². The van der Waals surface area contributed by atoms with Gasteiger partial charge in [-0.25, -0.2) is 13.2 Å². The van der Waals surface area contributed by atoms with E-state index in [0.29, 0.717) is 9.92 Å². The van der Waals surface area contributed by atoms with E-state index in [1.807, 2.05) is 0 Å². The molecule has 3 aromatic carbocycles. The number of halogens is 2. The van der Waals surface area contributed by atoms with Gasteiger partial charge in [0.25, 0.3) is 15.7 Å². The second-order valence-corrected chi connectivity index (χ2v) is 10.5. The van der Waals surface area contributed by atoms with E-state index in [-0.39, 0.29) is 32.7 Å². The number of benzene rings is 3. The predicted molar refractivity (Wildman–Crippen MR) is 135 cm³/mol. The fourth-order valence-electron chi connectivity index (χ4n) is 3.01. The van der Waals surface area contributed by atoms with Gasteiger partial charge in [-0.2, -0.15) is 0 Å². The maximum absolute atomic E-state index is 13.1. The van der Waals surface area contributed by atoms with E-state index in [9.17, 15) is 23.3 Å². The summed E-state index contributed by atoms with van der Waals surface area (Å²) >= 11 is 12.9. The highest BCUT2D eigenvalue weighted by Crippen LogP contribution is 2.39. The van der Waals surface area contributed by atoms with Crippen LogP contribution in [0.1, 0.15) is 10.4 Å². The molecule has 0 amide bonds. The average Bonchev–Trinajstić information content (AvgIpc) is 2.85. The normalized spacial score (nSPS) is 11.0. The zero-order valence-corrected chi connectivity index (χ0v) is 22.0. The number of nitrogens with one attached hydrogen (secondary N) is 1. The van der Waals surface area contributed by atoms with Crippen molar-refractivity contribution in [1.29, 1.82) is 0 Å². The first-order valence-electron chi connectivity index (χ1n) is 9.79. The monoisotopic (exact) mass is 572 g/mol. The number of hydrogen-bond acceptors (Lipinski definition) is 9. The fraction of sp³-hybridized carbons (Fsp3) is 0.136. The second kappa shape index (κ2) is 11.2. The molecule has 0 unspecified atom stereocenters. The highest BCUT2D eigenvalue weighted by molar-refractivity contribution is 7.99. The average molecular weight is 573 g/mol. The Morgan fingerprint density at radius 3 is 2.22 bits per heavy atom. The van der Waals surface area contributed by atoms with Crippen molar-refractivity contribution in [3.63, 3.8) is 0 Å². The molecular weight excluding hydrogens is 555 g/mol. The molecule has 0 saturated carbocycles. The number of methoxy groups -OCH3 is 3. The molecule has 0 fully saturated rings. The van der Waals surface area contributed by atoms with Crippen LogP contribution in [0, 0.1) is 10.1 Å². The van der Waals surface area contributed by atoms with Crippen molar-refractivity contribution in [2.45, 2.75) is 14.7 Å². The van der Waals surface area contributed by atoms with E-state index >= 15 is 0 Å². The Bertz CT molecular complexity index is 1450. The molecule has 0 heterocycles. The summed E-state index contributed by atoms with van der Waals surface area (Å²) in [6.45, 7) is 0. The number of hydrogen-bond donors (Lipinski definition) is 1. The van der Waals surface area contributed by atoms with E-state index in [1.165, 1.54) is 44.6 Å². The van der Waals surface area contributed by atoms with Crippen molar-refractivity contribution in [2.75, 3.05) is 26.1 Å². The molecule has 3 rings (SSSR count). The topological polar surface area (TPSA) is 134 Å². The SMILES string of the molecule is COC(=O)c1cc(OC)c(OC)cc1NS(=O)(=O)c1ccc(Sc2ccc(Cl)c(Cl)c2)c([N+](=O)[O-])c1. The molecule has 36 heavy (non-hydrogen) atoms. The summed E-state index contributed by atoms with van der Waals surface area (Å²) in [5.74, 6) is -0.532. The highest BCUT2D eigenvalue weighted by atomic mass is 35.5. The maximum Gasteiger partial charge on any atom is 0.340 e. The number of carbonyl (C=O) groups is 1. The second-order valence-electron chi connectivity index (χ2n) is 6.91. The fourth-order valence-corrected chi connectivity index (χ4v) is 5.40. The summed E-state index contributed by atoms with van der Waals surface area (Å²) in [6, 6.07) is 10.6. The molecular formula is C22H18Cl2N2O8S2. The minimum atomic E-state index is -4.39. The van der Waals surface area contributed by atoms with Gasteiger partial charge in [-0.15, -0.1) is 0 Å². The van der Waals surface area contributed by atoms with E-state index in [4.69, 9.17) is 37.4 Å². The third-order valence-electron chi connectivity index (χ3n) is 4.73. The lowest BCUT2D eigenvalue weighted by molar-refractivity contribution is -0.388. The van der Waals surface area contributed by atoms with Crippen LogP contribution >= 0.6 is 35.0 Å². The summed E-state index contributed by atoms with van der Waals surface area (Å²) in [7, 11) is -0.575. The van der Waals surface area contributed by atoms with Crippen LogP contribution in [0.4, 0.5) is 11.4 Å². The molecule has 0 bridgehead atoms. The summed E-state index contributed by atoms with van der Waals surface area (Å²) < 4.78 is 43.6. The minimum absolute atomic E-state index is 0.141. The zero-order chi connectivity index (χ0) is 26.6. The van der Waals surface area contributed by atoms with Crippen molar-refractivity contribution in [2.24, 2.45) is 0 Å². The lowest BCUT2D eigenvalue weighted by Gasteiger charge is -2.15. The van der Waals surface area contributed by atoms with E-state index in [2.05, 4.69) is 4.72 Å². The van der Waals surface area contributed by atoms with Crippen LogP contribution in [-0.4, -0.2) is 40.6 Å². The molecule has 3 aromatic rings. The zero-order valence-electron chi connectivity index (χ0n) is 18.9. The summed E-state index contributed by atoms with van der Waals surface area (Å²) in [5.41, 5.74) is -0.772. The Hall–Kier alpha value is -3.19. The van der Waals surface area contributed by atoms with Crippen molar-refractivity contribution in [3.05, 3.63) is 74.3 Å². The minimum Gasteiger partial charge on any atom is -0.493 e. The van der Waals surface area contributed by atoms with Gasteiger partial charge in [0.1, 0.15) is 0 Å². The first-order chi connectivity index (χ1) is 17.0. The number of nitro benzene ring substituents is 1. The molecule has 0 atom stereocenters. The molecule has 1 N–H and O–H groups in total. The Morgan fingerprint density at radius 2 is 1.64 bits per heavy atom.